The molecule has 0 saturated heterocycles. The van der Waals surface area contributed by atoms with Crippen LogP contribution in [-0.2, 0) is 9.84 Å². The van der Waals surface area contributed by atoms with E-state index in [1.807, 2.05) is 18.2 Å². The SMILES string of the molecule is C[C@]12CCC=CC1=CC[C@@H]1[C@@H]2CC[C@]2(C)C(CCS(=O)(=O)c3ccccc3)=CC[C@@H]12. The minimum absolute atomic E-state index is 0.180. The zero-order valence-electron chi connectivity index (χ0n) is 18.3. The van der Waals surface area contributed by atoms with Crippen LogP contribution in [0.5, 0.6) is 0 Å². The highest BCUT2D eigenvalue weighted by molar-refractivity contribution is 7.91. The lowest BCUT2D eigenvalue weighted by Crippen LogP contribution is -2.48. The van der Waals surface area contributed by atoms with Crippen LogP contribution in [0.15, 0.2) is 70.7 Å². The number of sulfone groups is 1. The number of hydrogen-bond donors (Lipinski definition) is 0. The molecule has 5 rings (SSSR count). The van der Waals surface area contributed by atoms with Gasteiger partial charge in [-0.3, -0.25) is 0 Å². The molecule has 0 amide bonds. The Kier molecular flexibility index (Phi) is 4.89. The molecule has 1 aromatic rings. The smallest absolute Gasteiger partial charge is 0.178 e. The Balaban J connectivity index is 1.34. The van der Waals surface area contributed by atoms with Crippen LogP contribution in [0.3, 0.4) is 0 Å². The quantitative estimate of drug-likeness (QED) is 0.518. The van der Waals surface area contributed by atoms with Crippen LogP contribution in [0, 0.1) is 28.6 Å². The van der Waals surface area contributed by atoms with E-state index < -0.39 is 9.84 Å². The van der Waals surface area contributed by atoms with Crippen LogP contribution in [-0.4, -0.2) is 14.2 Å². The summed E-state index contributed by atoms with van der Waals surface area (Å²) >= 11 is 0. The zero-order valence-corrected chi connectivity index (χ0v) is 19.1. The molecule has 0 spiro atoms. The van der Waals surface area contributed by atoms with Gasteiger partial charge in [0.05, 0.1) is 10.6 Å². The van der Waals surface area contributed by atoms with Crippen LogP contribution >= 0.6 is 0 Å². The summed E-state index contributed by atoms with van der Waals surface area (Å²) in [5, 5.41) is 0. The summed E-state index contributed by atoms with van der Waals surface area (Å²) < 4.78 is 25.7. The Morgan fingerprint density at radius 2 is 1.77 bits per heavy atom. The first-order chi connectivity index (χ1) is 14.3. The van der Waals surface area contributed by atoms with Crippen molar-refractivity contribution >= 4 is 9.84 Å². The third-order valence-corrected chi connectivity index (χ3v) is 10.9. The molecule has 4 aliphatic carbocycles. The Hall–Kier alpha value is -1.61. The first-order valence-electron chi connectivity index (χ1n) is 11.7. The average molecular weight is 423 g/mol. The van der Waals surface area contributed by atoms with E-state index in [-0.39, 0.29) is 11.2 Å². The van der Waals surface area contributed by atoms with Crippen LogP contribution in [0.4, 0.5) is 0 Å². The molecule has 0 N–H and O–H groups in total. The fourth-order valence-electron chi connectivity index (χ4n) is 7.33. The van der Waals surface area contributed by atoms with Crippen LogP contribution in [0.25, 0.3) is 0 Å². The second-order valence-electron chi connectivity index (χ2n) is 10.4. The third-order valence-electron chi connectivity index (χ3n) is 9.14. The van der Waals surface area contributed by atoms with Gasteiger partial charge < -0.3 is 0 Å². The fraction of sp³-hybridized carbons (Fsp3) is 0.556. The topological polar surface area (TPSA) is 34.1 Å². The van der Waals surface area contributed by atoms with E-state index in [2.05, 4.69) is 38.2 Å². The lowest BCUT2D eigenvalue weighted by Gasteiger charge is -2.56. The second kappa shape index (κ2) is 7.22. The number of fused-ring (bicyclic) bond motifs is 5. The lowest BCUT2D eigenvalue weighted by molar-refractivity contribution is -0.00992. The largest absolute Gasteiger partial charge is 0.224 e. The van der Waals surface area contributed by atoms with E-state index >= 15 is 0 Å². The molecule has 2 nitrogen and oxygen atoms in total. The molecule has 30 heavy (non-hydrogen) atoms. The first kappa shape index (κ1) is 20.3. The zero-order chi connectivity index (χ0) is 21.0. The normalized spacial score (nSPS) is 37.6. The summed E-state index contributed by atoms with van der Waals surface area (Å²) in [4.78, 5) is 0.456. The first-order valence-corrected chi connectivity index (χ1v) is 13.3. The van der Waals surface area contributed by atoms with Gasteiger partial charge in [-0.2, -0.15) is 0 Å². The van der Waals surface area contributed by atoms with E-state index in [0.717, 1.165) is 18.3 Å². The van der Waals surface area contributed by atoms with Crippen molar-refractivity contribution in [1.82, 2.24) is 0 Å². The molecule has 0 bridgehead atoms. The highest BCUT2D eigenvalue weighted by atomic mass is 32.2. The van der Waals surface area contributed by atoms with Gasteiger partial charge in [0.25, 0.3) is 0 Å². The van der Waals surface area contributed by atoms with Gasteiger partial charge in [-0.25, -0.2) is 8.42 Å². The monoisotopic (exact) mass is 422 g/mol. The molecule has 1 fully saturated rings. The number of rotatable bonds is 4. The van der Waals surface area contributed by atoms with Crippen molar-refractivity contribution in [1.29, 1.82) is 0 Å². The molecule has 1 aromatic carbocycles. The second-order valence-corrected chi connectivity index (χ2v) is 12.5. The molecular weight excluding hydrogens is 388 g/mol. The van der Waals surface area contributed by atoms with Crippen molar-refractivity contribution in [3.05, 3.63) is 65.8 Å². The van der Waals surface area contributed by atoms with Gasteiger partial charge in [0.15, 0.2) is 9.84 Å². The van der Waals surface area contributed by atoms with Crippen molar-refractivity contribution in [3.63, 3.8) is 0 Å². The van der Waals surface area contributed by atoms with Crippen LogP contribution < -0.4 is 0 Å². The van der Waals surface area contributed by atoms with E-state index in [0.29, 0.717) is 22.6 Å². The standard InChI is InChI=1S/C27H34O2S/c1-26-17-7-6-8-20(26)11-13-23-24-14-12-21(27(24,2)18-15-25(23)26)16-19-30(28,29)22-9-4-3-5-10-22/h3-6,8-12,23-25H,7,13-19H2,1-2H3/t23-,24-,25-,26-,27+/m0/s1. The third kappa shape index (κ3) is 3.07. The number of allylic oxidation sites excluding steroid dienone is 6. The molecule has 0 aromatic heterocycles. The van der Waals surface area contributed by atoms with Gasteiger partial charge in [-0.05, 0) is 91.2 Å². The van der Waals surface area contributed by atoms with E-state index in [1.165, 1.54) is 37.7 Å². The maximum atomic E-state index is 12.8. The van der Waals surface area contributed by atoms with Crippen molar-refractivity contribution in [2.24, 2.45) is 28.6 Å². The van der Waals surface area contributed by atoms with Crippen molar-refractivity contribution < 1.29 is 8.42 Å². The van der Waals surface area contributed by atoms with E-state index in [1.54, 1.807) is 17.7 Å². The molecular formula is C27H34O2S. The Bertz CT molecular complexity index is 1020. The highest BCUT2D eigenvalue weighted by Crippen LogP contribution is 2.64. The van der Waals surface area contributed by atoms with E-state index in [9.17, 15) is 8.42 Å². The fourth-order valence-corrected chi connectivity index (χ4v) is 8.63. The number of hydrogen-bond acceptors (Lipinski definition) is 2. The Morgan fingerprint density at radius 3 is 2.57 bits per heavy atom. The van der Waals surface area contributed by atoms with Crippen molar-refractivity contribution in [2.45, 2.75) is 63.7 Å². The minimum Gasteiger partial charge on any atom is -0.224 e. The Morgan fingerprint density at radius 1 is 0.967 bits per heavy atom. The maximum Gasteiger partial charge on any atom is 0.178 e. The molecule has 5 atom stereocenters. The molecule has 160 valence electrons. The van der Waals surface area contributed by atoms with Gasteiger partial charge in [-0.1, -0.05) is 61.9 Å². The summed E-state index contributed by atoms with van der Waals surface area (Å²) in [6.07, 6.45) is 17.7. The molecule has 1 saturated carbocycles. The molecule has 4 aliphatic rings. The minimum atomic E-state index is -3.22. The maximum absolute atomic E-state index is 12.8. The lowest BCUT2D eigenvalue weighted by atomic mass is 9.48. The van der Waals surface area contributed by atoms with Gasteiger partial charge in [0.2, 0.25) is 0 Å². The summed E-state index contributed by atoms with van der Waals surface area (Å²) in [6, 6.07) is 8.94. The van der Waals surface area contributed by atoms with Crippen LogP contribution in [0.1, 0.15) is 58.8 Å². The highest BCUT2D eigenvalue weighted by Gasteiger charge is 2.55. The predicted octanol–water partition coefficient (Wildman–Crippen LogP) is 6.52. The average Bonchev–Trinajstić information content (AvgIpc) is 3.09. The molecule has 0 heterocycles. The van der Waals surface area contributed by atoms with Crippen LogP contribution in [0.2, 0.25) is 0 Å². The Labute approximate surface area is 182 Å². The predicted molar refractivity (Wildman–Crippen MR) is 123 cm³/mol. The molecule has 0 unspecified atom stereocenters. The van der Waals surface area contributed by atoms with Gasteiger partial charge in [-0.15, -0.1) is 0 Å². The van der Waals surface area contributed by atoms with Gasteiger partial charge >= 0.3 is 0 Å². The summed E-state index contributed by atoms with van der Waals surface area (Å²) in [7, 11) is -3.22. The summed E-state index contributed by atoms with van der Waals surface area (Å²) in [5.41, 5.74) is 3.52. The van der Waals surface area contributed by atoms with E-state index in [4.69, 9.17) is 0 Å². The van der Waals surface area contributed by atoms with Gasteiger partial charge in [0.1, 0.15) is 0 Å². The van der Waals surface area contributed by atoms with Crippen molar-refractivity contribution in [2.75, 3.05) is 5.75 Å². The molecule has 0 aliphatic heterocycles. The summed E-state index contributed by atoms with van der Waals surface area (Å²) in [6.45, 7) is 4.95. The van der Waals surface area contributed by atoms with Gasteiger partial charge in [0, 0.05) is 0 Å². The molecule has 3 heteroatoms. The summed E-state index contributed by atoms with van der Waals surface area (Å²) in [5.74, 6) is 2.42. The number of benzene rings is 1. The van der Waals surface area contributed by atoms with Crippen molar-refractivity contribution in [3.8, 4) is 0 Å². The molecule has 0 radical (unpaired) electrons.